The van der Waals surface area contributed by atoms with E-state index in [1.807, 2.05) is 19.1 Å². The van der Waals surface area contributed by atoms with Crippen molar-refractivity contribution in [1.29, 1.82) is 0 Å². The maximum Gasteiger partial charge on any atom is 0.0639 e. The third-order valence-corrected chi connectivity index (χ3v) is 2.84. The van der Waals surface area contributed by atoms with Gasteiger partial charge < -0.3 is 10.4 Å². The van der Waals surface area contributed by atoms with E-state index in [0.717, 1.165) is 5.56 Å². The van der Waals surface area contributed by atoms with Crippen molar-refractivity contribution >= 4 is 23.2 Å². The van der Waals surface area contributed by atoms with Gasteiger partial charge in [0.25, 0.3) is 0 Å². The van der Waals surface area contributed by atoms with Crippen molar-refractivity contribution < 1.29 is 5.11 Å². The first-order valence-electron chi connectivity index (χ1n) is 4.45. The summed E-state index contributed by atoms with van der Waals surface area (Å²) in [7, 11) is 0. The minimum atomic E-state index is 0.0911. The van der Waals surface area contributed by atoms with Crippen LogP contribution in [0.15, 0.2) is 18.2 Å². The van der Waals surface area contributed by atoms with Gasteiger partial charge in [0.05, 0.1) is 16.7 Å². The van der Waals surface area contributed by atoms with E-state index in [0.29, 0.717) is 16.6 Å². The Morgan fingerprint density at radius 1 is 1.43 bits per heavy atom. The molecule has 1 aromatic rings. The highest BCUT2D eigenvalue weighted by atomic mass is 35.5. The number of halogens is 2. The SMILES string of the molecule is CC(NCCO)c1cccc(Cl)c1Cl. The monoisotopic (exact) mass is 233 g/mol. The molecule has 0 spiro atoms. The summed E-state index contributed by atoms with van der Waals surface area (Å²) in [5.74, 6) is 0. The second-order valence-corrected chi connectivity index (χ2v) is 3.83. The molecular weight excluding hydrogens is 221 g/mol. The molecule has 0 aromatic heterocycles. The van der Waals surface area contributed by atoms with Crippen LogP contribution >= 0.6 is 23.2 Å². The number of aliphatic hydroxyl groups is 1. The van der Waals surface area contributed by atoms with Crippen molar-refractivity contribution in [2.45, 2.75) is 13.0 Å². The molecule has 1 rings (SSSR count). The van der Waals surface area contributed by atoms with Gasteiger partial charge in [0.15, 0.2) is 0 Å². The molecule has 0 aliphatic rings. The molecule has 2 N–H and O–H groups in total. The van der Waals surface area contributed by atoms with Crippen LogP contribution in [-0.4, -0.2) is 18.3 Å². The molecule has 1 atom stereocenters. The number of hydrogen-bond acceptors (Lipinski definition) is 2. The molecule has 4 heteroatoms. The van der Waals surface area contributed by atoms with E-state index < -0.39 is 0 Å². The maximum atomic E-state index is 8.66. The van der Waals surface area contributed by atoms with E-state index in [1.54, 1.807) is 6.07 Å². The largest absolute Gasteiger partial charge is 0.395 e. The molecule has 0 amide bonds. The van der Waals surface area contributed by atoms with Gasteiger partial charge in [-0.25, -0.2) is 0 Å². The van der Waals surface area contributed by atoms with Crippen molar-refractivity contribution in [3.8, 4) is 0 Å². The first-order valence-corrected chi connectivity index (χ1v) is 5.20. The second kappa shape index (κ2) is 5.56. The van der Waals surface area contributed by atoms with Gasteiger partial charge >= 0.3 is 0 Å². The summed E-state index contributed by atoms with van der Waals surface area (Å²) < 4.78 is 0. The molecule has 0 fully saturated rings. The van der Waals surface area contributed by atoms with Crippen LogP contribution in [0.3, 0.4) is 0 Å². The Morgan fingerprint density at radius 2 is 2.14 bits per heavy atom. The zero-order valence-corrected chi connectivity index (χ0v) is 9.44. The number of benzene rings is 1. The highest BCUT2D eigenvalue weighted by Crippen LogP contribution is 2.29. The Labute approximate surface area is 93.8 Å². The zero-order chi connectivity index (χ0) is 10.6. The lowest BCUT2D eigenvalue weighted by molar-refractivity contribution is 0.286. The Bertz CT molecular complexity index is 304. The second-order valence-electron chi connectivity index (χ2n) is 3.04. The molecule has 0 heterocycles. The van der Waals surface area contributed by atoms with Crippen LogP contribution in [0.5, 0.6) is 0 Å². The van der Waals surface area contributed by atoms with Crippen LogP contribution in [0.25, 0.3) is 0 Å². The average molecular weight is 234 g/mol. The maximum absolute atomic E-state index is 8.66. The molecule has 2 nitrogen and oxygen atoms in total. The molecule has 1 aromatic carbocycles. The van der Waals surface area contributed by atoms with Gasteiger partial charge in [-0.2, -0.15) is 0 Å². The number of hydrogen-bond donors (Lipinski definition) is 2. The quantitative estimate of drug-likeness (QED) is 0.839. The van der Waals surface area contributed by atoms with E-state index in [-0.39, 0.29) is 12.6 Å². The Kier molecular flexibility index (Phi) is 4.69. The highest BCUT2D eigenvalue weighted by molar-refractivity contribution is 6.42. The topological polar surface area (TPSA) is 32.3 Å². The Morgan fingerprint density at radius 3 is 2.79 bits per heavy atom. The standard InChI is InChI=1S/C10H13Cl2NO/c1-7(13-5-6-14)8-3-2-4-9(11)10(8)12/h2-4,7,13-14H,5-6H2,1H3. The fourth-order valence-electron chi connectivity index (χ4n) is 1.25. The minimum absolute atomic E-state index is 0.0911. The Balaban J connectivity index is 2.79. The molecule has 0 aliphatic carbocycles. The Hall–Kier alpha value is -0.280. The van der Waals surface area contributed by atoms with Crippen LogP contribution in [0.2, 0.25) is 10.0 Å². The molecule has 1 unspecified atom stereocenters. The molecule has 0 saturated carbocycles. The van der Waals surface area contributed by atoms with Gasteiger partial charge in [-0.15, -0.1) is 0 Å². The molecule has 0 aliphatic heterocycles. The fraction of sp³-hybridized carbons (Fsp3) is 0.400. The molecule has 0 bridgehead atoms. The summed E-state index contributed by atoms with van der Waals surface area (Å²) in [6, 6.07) is 5.63. The van der Waals surface area contributed by atoms with Crippen molar-refractivity contribution in [1.82, 2.24) is 5.32 Å². The lowest BCUT2D eigenvalue weighted by atomic mass is 10.1. The van der Waals surface area contributed by atoms with Gasteiger partial charge in [0, 0.05) is 12.6 Å². The lowest BCUT2D eigenvalue weighted by Crippen LogP contribution is -2.22. The van der Waals surface area contributed by atoms with Gasteiger partial charge in [0.1, 0.15) is 0 Å². The van der Waals surface area contributed by atoms with Crippen LogP contribution in [-0.2, 0) is 0 Å². The summed E-state index contributed by atoms with van der Waals surface area (Å²) in [5, 5.41) is 12.9. The number of nitrogens with one attached hydrogen (secondary N) is 1. The fourth-order valence-corrected chi connectivity index (χ4v) is 1.72. The van der Waals surface area contributed by atoms with Crippen LogP contribution < -0.4 is 5.32 Å². The van der Waals surface area contributed by atoms with E-state index in [2.05, 4.69) is 5.32 Å². The summed E-state index contributed by atoms with van der Waals surface area (Å²) in [4.78, 5) is 0. The molecule has 14 heavy (non-hydrogen) atoms. The highest BCUT2D eigenvalue weighted by Gasteiger charge is 2.10. The van der Waals surface area contributed by atoms with Crippen LogP contribution in [0, 0.1) is 0 Å². The summed E-state index contributed by atoms with van der Waals surface area (Å²) in [6.45, 7) is 2.64. The van der Waals surface area contributed by atoms with Crippen molar-refractivity contribution in [3.05, 3.63) is 33.8 Å². The van der Waals surface area contributed by atoms with Crippen molar-refractivity contribution in [3.63, 3.8) is 0 Å². The van der Waals surface area contributed by atoms with Gasteiger partial charge in [-0.05, 0) is 18.6 Å². The van der Waals surface area contributed by atoms with E-state index in [1.165, 1.54) is 0 Å². The van der Waals surface area contributed by atoms with Crippen LogP contribution in [0.1, 0.15) is 18.5 Å². The van der Waals surface area contributed by atoms with E-state index >= 15 is 0 Å². The lowest BCUT2D eigenvalue weighted by Gasteiger charge is -2.15. The average Bonchev–Trinajstić information content (AvgIpc) is 2.18. The summed E-state index contributed by atoms with van der Waals surface area (Å²) >= 11 is 11.9. The molecular formula is C10H13Cl2NO. The predicted octanol–water partition coefficient (Wildman–Crippen LogP) is 2.64. The first kappa shape index (κ1) is 11.8. The van der Waals surface area contributed by atoms with Gasteiger partial charge in [-0.3, -0.25) is 0 Å². The smallest absolute Gasteiger partial charge is 0.0639 e. The predicted molar refractivity (Wildman–Crippen MR) is 60.0 cm³/mol. The number of rotatable bonds is 4. The van der Waals surface area contributed by atoms with E-state index in [4.69, 9.17) is 28.3 Å². The van der Waals surface area contributed by atoms with Crippen LogP contribution in [0.4, 0.5) is 0 Å². The normalized spacial score (nSPS) is 12.9. The first-order chi connectivity index (χ1) is 6.66. The molecule has 0 radical (unpaired) electrons. The summed E-state index contributed by atoms with van der Waals surface area (Å²) in [6.07, 6.45) is 0. The number of aliphatic hydroxyl groups excluding tert-OH is 1. The molecule has 78 valence electrons. The molecule has 0 saturated heterocycles. The van der Waals surface area contributed by atoms with E-state index in [9.17, 15) is 0 Å². The van der Waals surface area contributed by atoms with Gasteiger partial charge in [-0.1, -0.05) is 35.3 Å². The van der Waals surface area contributed by atoms with Crippen molar-refractivity contribution in [2.75, 3.05) is 13.2 Å². The summed E-state index contributed by atoms with van der Waals surface area (Å²) in [5.41, 5.74) is 0.951. The third kappa shape index (κ3) is 2.85. The van der Waals surface area contributed by atoms with Gasteiger partial charge in [0.2, 0.25) is 0 Å². The third-order valence-electron chi connectivity index (χ3n) is 2.01. The van der Waals surface area contributed by atoms with Crippen molar-refractivity contribution in [2.24, 2.45) is 0 Å². The zero-order valence-electron chi connectivity index (χ0n) is 7.93. The minimum Gasteiger partial charge on any atom is -0.395 e.